The summed E-state index contributed by atoms with van der Waals surface area (Å²) in [6.45, 7) is 4.47. The molecule has 0 saturated carbocycles. The lowest BCUT2D eigenvalue weighted by atomic mass is 9.94. The van der Waals surface area contributed by atoms with Crippen molar-refractivity contribution in [3.05, 3.63) is 78.0 Å². The quantitative estimate of drug-likeness (QED) is 0.351. The first-order valence-electron chi connectivity index (χ1n) is 9.84. The highest BCUT2D eigenvalue weighted by Gasteiger charge is 2.17. The maximum atomic E-state index is 2.41. The fourth-order valence-corrected chi connectivity index (χ4v) is 3.65. The van der Waals surface area contributed by atoms with Gasteiger partial charge in [0.1, 0.15) is 7.05 Å². The van der Waals surface area contributed by atoms with Gasteiger partial charge >= 0.3 is 0 Å². The second-order valence-corrected chi connectivity index (χ2v) is 7.20. The molecule has 1 aromatic heterocycles. The minimum Gasteiger partial charge on any atom is -0.200 e. The Balaban J connectivity index is 2.04. The molecule has 0 fully saturated rings. The van der Waals surface area contributed by atoms with Crippen LogP contribution in [0.15, 0.2) is 66.9 Å². The van der Waals surface area contributed by atoms with Gasteiger partial charge in [0.2, 0.25) is 5.69 Å². The van der Waals surface area contributed by atoms with Crippen LogP contribution in [0.25, 0.3) is 22.4 Å². The summed E-state index contributed by atoms with van der Waals surface area (Å²) < 4.78 is 2.28. The largest absolute Gasteiger partial charge is 0.212 e. The Morgan fingerprint density at radius 2 is 1.54 bits per heavy atom. The molecule has 0 radical (unpaired) electrons. The first-order valence-corrected chi connectivity index (χ1v) is 9.84. The summed E-state index contributed by atoms with van der Waals surface area (Å²) in [5.74, 6) is 0. The monoisotopic (exact) mass is 344 g/mol. The molecule has 0 aliphatic rings. The van der Waals surface area contributed by atoms with Gasteiger partial charge in [-0.2, -0.15) is 0 Å². The van der Waals surface area contributed by atoms with E-state index in [4.69, 9.17) is 0 Å². The third kappa shape index (κ3) is 4.22. The predicted octanol–water partition coefficient (Wildman–Crippen LogP) is 6.28. The Morgan fingerprint density at radius 1 is 0.808 bits per heavy atom. The number of benzene rings is 2. The lowest BCUT2D eigenvalue weighted by molar-refractivity contribution is -0.660. The number of aromatic nitrogens is 1. The summed E-state index contributed by atoms with van der Waals surface area (Å²) in [6, 6.07) is 21.9. The molecule has 2 aromatic carbocycles. The van der Waals surface area contributed by atoms with Crippen molar-refractivity contribution in [2.75, 3.05) is 0 Å². The second-order valence-electron chi connectivity index (χ2n) is 7.20. The molecule has 0 amide bonds. The van der Waals surface area contributed by atoms with Crippen molar-refractivity contribution in [2.45, 2.75) is 46.0 Å². The normalized spacial score (nSPS) is 10.9. The van der Waals surface area contributed by atoms with E-state index in [1.807, 2.05) is 0 Å². The number of nitrogens with zero attached hydrogens (tertiary/aromatic N) is 1. The average Bonchev–Trinajstić information content (AvgIpc) is 2.67. The Morgan fingerprint density at radius 3 is 2.27 bits per heavy atom. The van der Waals surface area contributed by atoms with E-state index in [0.717, 1.165) is 6.42 Å². The van der Waals surface area contributed by atoms with Gasteiger partial charge in [-0.1, -0.05) is 74.7 Å². The molecular weight excluding hydrogens is 314 g/mol. The molecule has 0 atom stereocenters. The maximum Gasteiger partial charge on any atom is 0.212 e. The summed E-state index contributed by atoms with van der Waals surface area (Å²) in [5.41, 5.74) is 8.08. The number of hydrogen-bond donors (Lipinski definition) is 0. The van der Waals surface area contributed by atoms with E-state index in [1.165, 1.54) is 59.2 Å². The molecule has 1 nitrogen and oxygen atoms in total. The zero-order valence-electron chi connectivity index (χ0n) is 16.3. The lowest BCUT2D eigenvalue weighted by Crippen LogP contribution is -2.31. The van der Waals surface area contributed by atoms with Gasteiger partial charge in [-0.25, -0.2) is 4.57 Å². The fourth-order valence-electron chi connectivity index (χ4n) is 3.65. The smallest absolute Gasteiger partial charge is 0.200 e. The van der Waals surface area contributed by atoms with Crippen molar-refractivity contribution in [1.82, 2.24) is 0 Å². The molecule has 0 saturated heterocycles. The number of unbranched alkanes of at least 4 members (excludes halogenated alkanes) is 3. The molecule has 26 heavy (non-hydrogen) atoms. The Labute approximate surface area is 158 Å². The SMILES string of the molecule is CCCCCCc1cc(-c2ccccc2C)[n+](C)cc1-c1ccccc1. The highest BCUT2D eigenvalue weighted by molar-refractivity contribution is 5.69. The summed E-state index contributed by atoms with van der Waals surface area (Å²) in [4.78, 5) is 0. The highest BCUT2D eigenvalue weighted by Crippen LogP contribution is 2.28. The molecule has 0 bridgehead atoms. The van der Waals surface area contributed by atoms with Crippen LogP contribution in [-0.4, -0.2) is 0 Å². The van der Waals surface area contributed by atoms with Crippen molar-refractivity contribution in [2.24, 2.45) is 7.05 Å². The molecule has 3 rings (SSSR count). The lowest BCUT2D eigenvalue weighted by Gasteiger charge is -2.12. The van der Waals surface area contributed by atoms with E-state index >= 15 is 0 Å². The summed E-state index contributed by atoms with van der Waals surface area (Å²) in [6.07, 6.45) is 8.63. The third-order valence-corrected chi connectivity index (χ3v) is 5.17. The van der Waals surface area contributed by atoms with Gasteiger partial charge in [0.15, 0.2) is 6.20 Å². The van der Waals surface area contributed by atoms with Gasteiger partial charge in [0.25, 0.3) is 0 Å². The standard InChI is InChI=1S/C25H30N/c1-4-5-6-8-16-22-18-25(23-17-12-11-13-20(23)2)26(3)19-24(22)21-14-9-7-10-15-21/h7,9-15,17-19H,4-6,8,16H2,1-3H3/q+1. The topological polar surface area (TPSA) is 3.88 Å². The van der Waals surface area contributed by atoms with Gasteiger partial charge in [0.05, 0.1) is 0 Å². The zero-order valence-corrected chi connectivity index (χ0v) is 16.3. The molecule has 0 N–H and O–H groups in total. The van der Waals surface area contributed by atoms with Crippen molar-refractivity contribution in [3.8, 4) is 22.4 Å². The highest BCUT2D eigenvalue weighted by atomic mass is 14.9. The van der Waals surface area contributed by atoms with E-state index in [2.05, 4.69) is 92.3 Å². The van der Waals surface area contributed by atoms with E-state index in [1.54, 1.807) is 0 Å². The van der Waals surface area contributed by atoms with Gasteiger partial charge < -0.3 is 0 Å². The molecule has 0 aliphatic carbocycles. The molecule has 1 heteroatoms. The van der Waals surface area contributed by atoms with Crippen LogP contribution in [0.4, 0.5) is 0 Å². The minimum atomic E-state index is 1.14. The Kier molecular flexibility index (Phi) is 6.22. The molecular formula is C25H30N+. The van der Waals surface area contributed by atoms with Crippen LogP contribution in [-0.2, 0) is 13.5 Å². The van der Waals surface area contributed by atoms with Crippen LogP contribution >= 0.6 is 0 Å². The fraction of sp³-hybridized carbons (Fsp3) is 0.320. The zero-order chi connectivity index (χ0) is 18.4. The van der Waals surface area contributed by atoms with Crippen molar-refractivity contribution < 1.29 is 4.57 Å². The van der Waals surface area contributed by atoms with Crippen LogP contribution in [0.5, 0.6) is 0 Å². The molecule has 3 aromatic rings. The van der Waals surface area contributed by atoms with Crippen LogP contribution in [0.1, 0.15) is 43.7 Å². The summed E-state index contributed by atoms with van der Waals surface area (Å²) in [5, 5.41) is 0. The van der Waals surface area contributed by atoms with Gasteiger partial charge in [-0.15, -0.1) is 0 Å². The van der Waals surface area contributed by atoms with Crippen LogP contribution < -0.4 is 4.57 Å². The molecule has 0 spiro atoms. The number of aryl methyl sites for hydroxylation is 3. The predicted molar refractivity (Wildman–Crippen MR) is 111 cm³/mol. The van der Waals surface area contributed by atoms with E-state index < -0.39 is 0 Å². The molecule has 0 unspecified atom stereocenters. The van der Waals surface area contributed by atoms with E-state index in [0.29, 0.717) is 0 Å². The van der Waals surface area contributed by atoms with Gasteiger partial charge in [-0.3, -0.25) is 0 Å². The first-order chi connectivity index (χ1) is 12.7. The van der Waals surface area contributed by atoms with Crippen molar-refractivity contribution in [3.63, 3.8) is 0 Å². The number of hydrogen-bond acceptors (Lipinski definition) is 0. The third-order valence-electron chi connectivity index (χ3n) is 5.17. The molecule has 1 heterocycles. The van der Waals surface area contributed by atoms with Crippen LogP contribution in [0, 0.1) is 6.92 Å². The summed E-state index contributed by atoms with van der Waals surface area (Å²) >= 11 is 0. The number of rotatable bonds is 7. The van der Waals surface area contributed by atoms with Crippen LogP contribution in [0.3, 0.4) is 0 Å². The van der Waals surface area contributed by atoms with Gasteiger partial charge in [-0.05, 0) is 42.5 Å². The Hall–Kier alpha value is -2.41. The average molecular weight is 345 g/mol. The van der Waals surface area contributed by atoms with Crippen LogP contribution in [0.2, 0.25) is 0 Å². The summed E-state index contributed by atoms with van der Waals surface area (Å²) in [7, 11) is 2.16. The van der Waals surface area contributed by atoms with E-state index in [-0.39, 0.29) is 0 Å². The van der Waals surface area contributed by atoms with Gasteiger partial charge in [0, 0.05) is 17.2 Å². The molecule has 134 valence electrons. The van der Waals surface area contributed by atoms with E-state index in [9.17, 15) is 0 Å². The second kappa shape index (κ2) is 8.80. The maximum absolute atomic E-state index is 2.41. The minimum absolute atomic E-state index is 1.14. The van der Waals surface area contributed by atoms with Crippen molar-refractivity contribution in [1.29, 1.82) is 0 Å². The molecule has 0 aliphatic heterocycles. The van der Waals surface area contributed by atoms with Crippen molar-refractivity contribution >= 4 is 0 Å². The Bertz CT molecular complexity index is 849. The number of pyridine rings is 1. The first kappa shape index (κ1) is 18.4.